The lowest BCUT2D eigenvalue weighted by atomic mass is 9.95. The quantitative estimate of drug-likeness (QED) is 0.658. The second-order valence-corrected chi connectivity index (χ2v) is 8.93. The minimum Gasteiger partial charge on any atom is -0.503 e. The van der Waals surface area contributed by atoms with Gasteiger partial charge in [0, 0.05) is 38.6 Å². The number of pyridine rings is 1. The van der Waals surface area contributed by atoms with E-state index in [1.165, 1.54) is 11.3 Å². The lowest BCUT2D eigenvalue weighted by Crippen LogP contribution is -2.39. The van der Waals surface area contributed by atoms with Crippen LogP contribution in [0.2, 0.25) is 0 Å². The number of amides is 1. The van der Waals surface area contributed by atoms with Crippen molar-refractivity contribution in [1.29, 1.82) is 0 Å². The van der Waals surface area contributed by atoms with E-state index in [9.17, 15) is 14.7 Å². The van der Waals surface area contributed by atoms with E-state index in [4.69, 9.17) is 4.74 Å². The highest BCUT2D eigenvalue weighted by Gasteiger charge is 2.44. The highest BCUT2D eigenvalue weighted by Crippen LogP contribution is 2.40. The number of aryl methyl sites for hydroxylation is 2. The number of Topliss-reactive ketones (excluding diaryl/α,β-unsaturated/α-hetero) is 1. The molecule has 0 saturated carbocycles. The molecule has 164 valence electrons. The van der Waals surface area contributed by atoms with E-state index in [1.807, 2.05) is 6.92 Å². The van der Waals surface area contributed by atoms with Crippen molar-refractivity contribution in [3.63, 3.8) is 0 Å². The van der Waals surface area contributed by atoms with Crippen molar-refractivity contribution in [2.75, 3.05) is 39.4 Å². The number of aliphatic hydroxyl groups is 1. The summed E-state index contributed by atoms with van der Waals surface area (Å²) in [5.74, 6) is -1.32. The normalized spacial score (nSPS) is 20.0. The molecular formula is C22H26N4O4S. The summed E-state index contributed by atoms with van der Waals surface area (Å²) in [5, 5.41) is 11.5. The van der Waals surface area contributed by atoms with Gasteiger partial charge in [0.05, 0.1) is 40.4 Å². The fourth-order valence-electron chi connectivity index (χ4n) is 4.16. The first kappa shape index (κ1) is 21.6. The van der Waals surface area contributed by atoms with Crippen molar-refractivity contribution in [3.05, 3.63) is 57.0 Å². The van der Waals surface area contributed by atoms with Gasteiger partial charge in [0.2, 0.25) is 5.78 Å². The molecule has 0 aromatic carbocycles. The summed E-state index contributed by atoms with van der Waals surface area (Å²) in [6.45, 7) is 8.05. The molecule has 0 aliphatic carbocycles. The second-order valence-electron chi connectivity index (χ2n) is 7.73. The Balaban J connectivity index is 1.61. The van der Waals surface area contributed by atoms with E-state index in [0.29, 0.717) is 17.1 Å². The van der Waals surface area contributed by atoms with Crippen LogP contribution >= 0.6 is 11.3 Å². The van der Waals surface area contributed by atoms with Gasteiger partial charge in [-0.05, 0) is 38.0 Å². The number of ether oxygens (including phenoxy) is 1. The fourth-order valence-corrected chi connectivity index (χ4v) is 5.04. The molecule has 4 rings (SSSR count). The average Bonchev–Trinajstić information content (AvgIpc) is 3.25. The Hall–Kier alpha value is -2.62. The second kappa shape index (κ2) is 9.25. The molecule has 0 bridgehead atoms. The zero-order chi connectivity index (χ0) is 22.0. The fraction of sp³-hybridized carbons (Fsp3) is 0.455. The van der Waals surface area contributed by atoms with Crippen molar-refractivity contribution in [2.24, 2.45) is 0 Å². The van der Waals surface area contributed by atoms with Crippen molar-refractivity contribution < 1.29 is 19.4 Å². The first-order chi connectivity index (χ1) is 15.0. The van der Waals surface area contributed by atoms with E-state index < -0.39 is 17.7 Å². The van der Waals surface area contributed by atoms with Crippen LogP contribution in [0.25, 0.3) is 0 Å². The standard InChI is InChI=1S/C22H26N4O4S/c1-14-21(31-15(2)24-14)19(27)17-18(16-4-6-23-7-5-16)26(22(29)20(17)28)9-3-8-25-10-12-30-13-11-25/h4-7,18,28H,3,8-13H2,1-2H3/t18-/m1/s1. The monoisotopic (exact) mass is 442 g/mol. The molecule has 2 aliphatic rings. The average molecular weight is 443 g/mol. The van der Waals surface area contributed by atoms with Crippen LogP contribution in [0, 0.1) is 13.8 Å². The largest absolute Gasteiger partial charge is 0.503 e. The third-order valence-electron chi connectivity index (χ3n) is 5.66. The number of thiazole rings is 1. The van der Waals surface area contributed by atoms with Crippen LogP contribution in [-0.4, -0.2) is 76.0 Å². The van der Waals surface area contributed by atoms with Crippen molar-refractivity contribution in [2.45, 2.75) is 26.3 Å². The van der Waals surface area contributed by atoms with Gasteiger partial charge >= 0.3 is 0 Å². The van der Waals surface area contributed by atoms with Gasteiger partial charge < -0.3 is 14.7 Å². The lowest BCUT2D eigenvalue weighted by Gasteiger charge is -2.29. The SMILES string of the molecule is Cc1nc(C)c(C(=O)C2=C(O)C(=O)N(CCCN3CCOCC3)[C@@H]2c2ccncc2)s1. The van der Waals surface area contributed by atoms with Crippen LogP contribution in [-0.2, 0) is 9.53 Å². The molecule has 0 unspecified atom stereocenters. The Labute approximate surface area is 185 Å². The Bertz CT molecular complexity index is 998. The molecule has 0 spiro atoms. The molecule has 1 atom stereocenters. The molecule has 2 aliphatic heterocycles. The van der Waals surface area contributed by atoms with Crippen LogP contribution in [0.4, 0.5) is 0 Å². The number of carbonyl (C=O) groups is 2. The maximum atomic E-state index is 13.4. The maximum Gasteiger partial charge on any atom is 0.290 e. The molecule has 31 heavy (non-hydrogen) atoms. The van der Waals surface area contributed by atoms with Gasteiger partial charge in [-0.15, -0.1) is 11.3 Å². The summed E-state index contributed by atoms with van der Waals surface area (Å²) >= 11 is 1.28. The molecule has 8 nitrogen and oxygen atoms in total. The Kier molecular flexibility index (Phi) is 6.45. The Morgan fingerprint density at radius 1 is 1.23 bits per heavy atom. The van der Waals surface area contributed by atoms with Crippen molar-refractivity contribution in [1.82, 2.24) is 19.8 Å². The highest BCUT2D eigenvalue weighted by molar-refractivity contribution is 7.14. The van der Waals surface area contributed by atoms with Crippen molar-refractivity contribution in [3.8, 4) is 0 Å². The third kappa shape index (κ3) is 4.39. The van der Waals surface area contributed by atoms with Crippen LogP contribution in [0.15, 0.2) is 35.9 Å². The van der Waals surface area contributed by atoms with Gasteiger partial charge in [0.15, 0.2) is 5.76 Å². The van der Waals surface area contributed by atoms with Gasteiger partial charge in [-0.3, -0.25) is 19.5 Å². The van der Waals surface area contributed by atoms with Crippen LogP contribution < -0.4 is 0 Å². The third-order valence-corrected chi connectivity index (χ3v) is 6.73. The van der Waals surface area contributed by atoms with Crippen LogP contribution in [0.1, 0.15) is 38.4 Å². The Morgan fingerprint density at radius 2 is 1.94 bits per heavy atom. The summed E-state index contributed by atoms with van der Waals surface area (Å²) < 4.78 is 5.39. The molecule has 1 fully saturated rings. The molecule has 2 aromatic rings. The number of aromatic nitrogens is 2. The zero-order valence-electron chi connectivity index (χ0n) is 17.7. The number of hydrogen-bond donors (Lipinski definition) is 1. The first-order valence-corrected chi connectivity index (χ1v) is 11.2. The summed E-state index contributed by atoms with van der Waals surface area (Å²) in [4.78, 5) is 39.2. The van der Waals surface area contributed by atoms with Gasteiger partial charge in [0.25, 0.3) is 5.91 Å². The summed E-state index contributed by atoms with van der Waals surface area (Å²) in [6, 6.07) is 2.92. The molecule has 2 aromatic heterocycles. The minimum atomic E-state index is -0.644. The minimum absolute atomic E-state index is 0.120. The summed E-state index contributed by atoms with van der Waals surface area (Å²) in [7, 11) is 0. The molecule has 1 saturated heterocycles. The van der Waals surface area contributed by atoms with Gasteiger partial charge in [-0.2, -0.15) is 0 Å². The lowest BCUT2D eigenvalue weighted by molar-refractivity contribution is -0.129. The smallest absolute Gasteiger partial charge is 0.290 e. The summed E-state index contributed by atoms with van der Waals surface area (Å²) in [5.41, 5.74) is 1.48. The molecule has 9 heteroatoms. The van der Waals surface area contributed by atoms with Crippen LogP contribution in [0.5, 0.6) is 0 Å². The maximum absolute atomic E-state index is 13.4. The van der Waals surface area contributed by atoms with Gasteiger partial charge in [0.1, 0.15) is 0 Å². The number of rotatable bonds is 7. The number of aliphatic hydroxyl groups excluding tert-OH is 1. The highest BCUT2D eigenvalue weighted by atomic mass is 32.1. The molecular weight excluding hydrogens is 416 g/mol. The number of carbonyl (C=O) groups excluding carboxylic acids is 2. The predicted octanol–water partition coefficient (Wildman–Crippen LogP) is 2.46. The molecule has 1 N–H and O–H groups in total. The predicted molar refractivity (Wildman–Crippen MR) is 116 cm³/mol. The molecule has 0 radical (unpaired) electrons. The number of morpholine rings is 1. The number of hydrogen-bond acceptors (Lipinski definition) is 8. The van der Waals surface area contributed by atoms with Gasteiger partial charge in [-0.1, -0.05) is 0 Å². The number of nitrogens with zero attached hydrogens (tertiary/aromatic N) is 4. The van der Waals surface area contributed by atoms with E-state index in [1.54, 1.807) is 36.4 Å². The van der Waals surface area contributed by atoms with E-state index in [-0.39, 0.29) is 11.4 Å². The van der Waals surface area contributed by atoms with E-state index in [0.717, 1.165) is 49.8 Å². The van der Waals surface area contributed by atoms with Gasteiger partial charge in [-0.25, -0.2) is 4.98 Å². The topological polar surface area (TPSA) is 95.9 Å². The van der Waals surface area contributed by atoms with E-state index in [2.05, 4.69) is 14.9 Å². The first-order valence-electron chi connectivity index (χ1n) is 10.4. The van der Waals surface area contributed by atoms with E-state index >= 15 is 0 Å². The number of ketones is 1. The molecule has 4 heterocycles. The van der Waals surface area contributed by atoms with Crippen LogP contribution in [0.3, 0.4) is 0 Å². The van der Waals surface area contributed by atoms with Crippen molar-refractivity contribution >= 4 is 23.0 Å². The zero-order valence-corrected chi connectivity index (χ0v) is 18.5. The summed E-state index contributed by atoms with van der Waals surface area (Å²) in [6.07, 6.45) is 4.00. The molecule has 1 amide bonds. The Morgan fingerprint density at radius 3 is 2.58 bits per heavy atom.